The Bertz CT molecular complexity index is 1080. The molecule has 0 bridgehead atoms. The Hall–Kier alpha value is -3.64. The highest BCUT2D eigenvalue weighted by Gasteiger charge is 2.36. The van der Waals surface area contributed by atoms with E-state index < -0.39 is 17.8 Å². The molecule has 0 spiro atoms. The second-order valence-corrected chi connectivity index (χ2v) is 6.64. The summed E-state index contributed by atoms with van der Waals surface area (Å²) in [6.45, 7) is -0.307. The molecule has 0 unspecified atom stereocenters. The number of carbonyl (C=O) groups excluding carboxylic acids is 3. The Balaban J connectivity index is 1.45. The maximum atomic E-state index is 12.6. The van der Waals surface area contributed by atoms with E-state index in [-0.39, 0.29) is 12.4 Å². The predicted molar refractivity (Wildman–Crippen MR) is 107 cm³/mol. The van der Waals surface area contributed by atoms with Crippen LogP contribution in [0.1, 0.15) is 20.7 Å². The molecule has 29 heavy (non-hydrogen) atoms. The summed E-state index contributed by atoms with van der Waals surface area (Å²) in [7, 11) is 0. The van der Waals surface area contributed by atoms with Gasteiger partial charge in [-0.25, -0.2) is 9.69 Å². The molecule has 3 aromatic carbocycles. The Kier molecular flexibility index (Phi) is 5.01. The lowest BCUT2D eigenvalue weighted by Gasteiger charge is -2.15. The lowest BCUT2D eigenvalue weighted by atomic mass is 10.1. The van der Waals surface area contributed by atoms with Crippen molar-refractivity contribution < 1.29 is 23.9 Å². The van der Waals surface area contributed by atoms with Crippen molar-refractivity contribution in [2.75, 3.05) is 11.5 Å². The number of ether oxygens (including phenoxy) is 2. The van der Waals surface area contributed by atoms with Crippen LogP contribution in [-0.2, 0) is 4.79 Å². The van der Waals surface area contributed by atoms with E-state index in [1.165, 1.54) is 6.07 Å². The number of hydrogen-bond acceptors (Lipinski definition) is 5. The second kappa shape index (κ2) is 7.77. The molecule has 2 amide bonds. The highest BCUT2D eigenvalue weighted by molar-refractivity contribution is 6.34. The molecule has 4 rings (SSSR count). The lowest BCUT2D eigenvalue weighted by Crippen LogP contribution is -2.29. The fourth-order valence-corrected chi connectivity index (χ4v) is 3.07. The summed E-state index contributed by atoms with van der Waals surface area (Å²) < 4.78 is 10.6. The van der Waals surface area contributed by atoms with E-state index in [2.05, 4.69) is 0 Å². The summed E-state index contributed by atoms with van der Waals surface area (Å²) in [5.74, 6) is -0.783. The maximum absolute atomic E-state index is 12.6. The van der Waals surface area contributed by atoms with Gasteiger partial charge in [0, 0.05) is 11.1 Å². The van der Waals surface area contributed by atoms with Crippen LogP contribution in [0, 0.1) is 0 Å². The van der Waals surface area contributed by atoms with Crippen LogP contribution in [0.4, 0.5) is 5.69 Å². The van der Waals surface area contributed by atoms with Gasteiger partial charge in [0.1, 0.15) is 11.5 Å². The van der Waals surface area contributed by atoms with Crippen LogP contribution in [0.15, 0.2) is 72.8 Å². The van der Waals surface area contributed by atoms with E-state index in [0.29, 0.717) is 27.6 Å². The molecule has 1 aliphatic heterocycles. The molecule has 0 aliphatic carbocycles. The van der Waals surface area contributed by atoms with Crippen LogP contribution >= 0.6 is 11.6 Å². The SMILES string of the molecule is O=C(COc1ccc(Cl)cc1)Oc1cccc(N2C(=O)c3ccccc3C2=O)c1. The fraction of sp³-hybridized carbons (Fsp3) is 0.0455. The van der Waals surface area contributed by atoms with Crippen molar-refractivity contribution in [2.24, 2.45) is 0 Å². The minimum Gasteiger partial charge on any atom is -0.482 e. The third-order valence-electron chi connectivity index (χ3n) is 4.27. The summed E-state index contributed by atoms with van der Waals surface area (Å²) in [6, 6.07) is 19.4. The van der Waals surface area contributed by atoms with E-state index in [9.17, 15) is 14.4 Å². The average molecular weight is 408 g/mol. The molecule has 0 aromatic heterocycles. The lowest BCUT2D eigenvalue weighted by molar-refractivity contribution is -0.136. The summed E-state index contributed by atoms with van der Waals surface area (Å²) in [5.41, 5.74) is 1.01. The number of imide groups is 1. The standard InChI is InChI=1S/C22H14ClNO5/c23-14-8-10-16(11-9-14)28-13-20(25)29-17-5-3-4-15(12-17)24-21(26)18-6-1-2-7-19(18)22(24)27/h1-12H,13H2. The monoisotopic (exact) mass is 407 g/mol. The van der Waals surface area contributed by atoms with Gasteiger partial charge in [0.2, 0.25) is 0 Å². The van der Waals surface area contributed by atoms with E-state index in [0.717, 1.165) is 4.90 Å². The van der Waals surface area contributed by atoms with Gasteiger partial charge in [-0.2, -0.15) is 0 Å². The maximum Gasteiger partial charge on any atom is 0.349 e. The number of carbonyl (C=O) groups is 3. The number of amides is 2. The first-order valence-corrected chi connectivity index (χ1v) is 9.07. The number of halogens is 1. The molecule has 144 valence electrons. The van der Waals surface area contributed by atoms with Crippen LogP contribution in [0.2, 0.25) is 5.02 Å². The second-order valence-electron chi connectivity index (χ2n) is 6.21. The molecule has 0 fully saturated rings. The molecular formula is C22H14ClNO5. The van der Waals surface area contributed by atoms with Gasteiger partial charge in [0.25, 0.3) is 11.8 Å². The Labute approximate surface area is 171 Å². The van der Waals surface area contributed by atoms with Crippen LogP contribution in [0.5, 0.6) is 11.5 Å². The normalized spacial score (nSPS) is 12.7. The van der Waals surface area contributed by atoms with Gasteiger partial charge in [-0.15, -0.1) is 0 Å². The number of benzene rings is 3. The van der Waals surface area contributed by atoms with Crippen molar-refractivity contribution in [3.05, 3.63) is 88.9 Å². The zero-order valence-corrected chi connectivity index (χ0v) is 15.8. The smallest absolute Gasteiger partial charge is 0.349 e. The summed E-state index contributed by atoms with van der Waals surface area (Å²) >= 11 is 5.80. The van der Waals surface area contributed by atoms with Crippen molar-refractivity contribution in [2.45, 2.75) is 0 Å². The van der Waals surface area contributed by atoms with E-state index >= 15 is 0 Å². The molecule has 7 heteroatoms. The van der Waals surface area contributed by atoms with Gasteiger partial charge in [-0.3, -0.25) is 9.59 Å². The van der Waals surface area contributed by atoms with Crippen LogP contribution in [-0.4, -0.2) is 24.4 Å². The van der Waals surface area contributed by atoms with E-state index in [1.807, 2.05) is 0 Å². The van der Waals surface area contributed by atoms with Crippen LogP contribution in [0.3, 0.4) is 0 Å². The third-order valence-corrected chi connectivity index (χ3v) is 4.52. The van der Waals surface area contributed by atoms with Gasteiger partial charge in [-0.05, 0) is 48.5 Å². The van der Waals surface area contributed by atoms with Gasteiger partial charge < -0.3 is 9.47 Å². The predicted octanol–water partition coefficient (Wildman–Crippen LogP) is 4.13. The van der Waals surface area contributed by atoms with Crippen LogP contribution in [0.25, 0.3) is 0 Å². The minimum atomic E-state index is -0.625. The van der Waals surface area contributed by atoms with Crippen molar-refractivity contribution >= 4 is 35.1 Å². The largest absolute Gasteiger partial charge is 0.482 e. The topological polar surface area (TPSA) is 72.9 Å². The summed E-state index contributed by atoms with van der Waals surface area (Å²) in [5, 5.41) is 0.560. The molecule has 0 atom stereocenters. The van der Waals surface area contributed by atoms with Crippen molar-refractivity contribution in [1.29, 1.82) is 0 Å². The zero-order chi connectivity index (χ0) is 20.4. The van der Waals surface area contributed by atoms with Gasteiger partial charge in [0.05, 0.1) is 16.8 Å². The number of rotatable bonds is 5. The molecule has 0 saturated carbocycles. The first kappa shape index (κ1) is 18.7. The summed E-state index contributed by atoms with van der Waals surface area (Å²) in [6.07, 6.45) is 0. The first-order chi connectivity index (χ1) is 14.0. The highest BCUT2D eigenvalue weighted by atomic mass is 35.5. The number of hydrogen-bond donors (Lipinski definition) is 0. The van der Waals surface area contributed by atoms with Crippen molar-refractivity contribution in [3.8, 4) is 11.5 Å². The van der Waals surface area contributed by atoms with E-state index in [4.69, 9.17) is 21.1 Å². The van der Waals surface area contributed by atoms with Crippen LogP contribution < -0.4 is 14.4 Å². The minimum absolute atomic E-state index is 0.198. The summed E-state index contributed by atoms with van der Waals surface area (Å²) in [4.78, 5) is 38.3. The van der Waals surface area contributed by atoms with Gasteiger partial charge >= 0.3 is 5.97 Å². The van der Waals surface area contributed by atoms with Crippen molar-refractivity contribution in [3.63, 3.8) is 0 Å². The third kappa shape index (κ3) is 3.83. The Morgan fingerprint density at radius 1 is 0.828 bits per heavy atom. The molecule has 1 aliphatic rings. The zero-order valence-electron chi connectivity index (χ0n) is 15.0. The Morgan fingerprint density at radius 2 is 1.48 bits per heavy atom. The molecule has 1 heterocycles. The van der Waals surface area contributed by atoms with E-state index in [1.54, 1.807) is 66.7 Å². The number of fused-ring (bicyclic) bond motifs is 1. The highest BCUT2D eigenvalue weighted by Crippen LogP contribution is 2.30. The molecule has 0 saturated heterocycles. The molecule has 6 nitrogen and oxygen atoms in total. The molecular weight excluding hydrogens is 394 g/mol. The number of esters is 1. The number of nitrogens with zero attached hydrogens (tertiary/aromatic N) is 1. The van der Waals surface area contributed by atoms with Gasteiger partial charge in [0.15, 0.2) is 6.61 Å². The molecule has 3 aromatic rings. The first-order valence-electron chi connectivity index (χ1n) is 8.70. The van der Waals surface area contributed by atoms with Crippen molar-refractivity contribution in [1.82, 2.24) is 0 Å². The average Bonchev–Trinajstić information content (AvgIpc) is 2.98. The van der Waals surface area contributed by atoms with Gasteiger partial charge in [-0.1, -0.05) is 29.8 Å². The molecule has 0 N–H and O–H groups in total. The Morgan fingerprint density at radius 3 is 2.14 bits per heavy atom. The fourth-order valence-electron chi connectivity index (χ4n) is 2.94. The quantitative estimate of drug-likeness (QED) is 0.361. The number of anilines is 1. The molecule has 0 radical (unpaired) electrons.